The van der Waals surface area contributed by atoms with Gasteiger partial charge in [-0.15, -0.1) is 0 Å². The topological polar surface area (TPSA) is 46.3 Å². The molecule has 0 saturated carbocycles. The summed E-state index contributed by atoms with van der Waals surface area (Å²) >= 11 is 0. The molecule has 1 amide bonds. The lowest BCUT2D eigenvalue weighted by atomic mass is 9.85. The van der Waals surface area contributed by atoms with E-state index in [0.29, 0.717) is 19.5 Å². The minimum atomic E-state index is -4.32. The van der Waals surface area contributed by atoms with Crippen molar-refractivity contribution in [2.24, 2.45) is 5.73 Å². The molecule has 0 aliphatic carbocycles. The molecule has 2 N–H and O–H groups in total. The van der Waals surface area contributed by atoms with Crippen LogP contribution in [0.1, 0.15) is 30.4 Å². The second-order valence-electron chi connectivity index (χ2n) is 5.14. The lowest BCUT2D eigenvalue weighted by molar-refractivity contribution is -0.137. The van der Waals surface area contributed by atoms with Crippen LogP contribution in [-0.4, -0.2) is 29.9 Å². The smallest absolute Gasteiger partial charge is 0.341 e. The maximum Gasteiger partial charge on any atom is 0.416 e. The number of nitrogens with two attached hydrogens (primary N) is 1. The molecule has 0 radical (unpaired) electrons. The van der Waals surface area contributed by atoms with Crippen molar-refractivity contribution in [3.8, 4) is 0 Å². The van der Waals surface area contributed by atoms with E-state index in [1.807, 2.05) is 0 Å². The molecule has 2 unspecified atom stereocenters. The van der Waals surface area contributed by atoms with Crippen LogP contribution in [0.3, 0.4) is 0 Å². The Bertz CT molecular complexity index is 484. The summed E-state index contributed by atoms with van der Waals surface area (Å²) < 4.78 is 37.5. The van der Waals surface area contributed by atoms with Gasteiger partial charge in [-0.1, -0.05) is 12.1 Å². The monoisotopic (exact) mass is 286 g/mol. The molecule has 2 rings (SSSR count). The fourth-order valence-electron chi connectivity index (χ4n) is 2.60. The van der Waals surface area contributed by atoms with Crippen LogP contribution >= 0.6 is 0 Å². The molecule has 1 fully saturated rings. The van der Waals surface area contributed by atoms with E-state index in [1.165, 1.54) is 19.1 Å². The molecule has 1 aliphatic rings. The highest BCUT2D eigenvalue weighted by Gasteiger charge is 2.32. The first-order valence-electron chi connectivity index (χ1n) is 6.47. The number of hydrogen-bond donors (Lipinski definition) is 1. The second-order valence-corrected chi connectivity index (χ2v) is 5.14. The van der Waals surface area contributed by atoms with Crippen molar-refractivity contribution in [3.63, 3.8) is 0 Å². The average Bonchev–Trinajstić information content (AvgIpc) is 2.37. The van der Waals surface area contributed by atoms with Crippen LogP contribution in [0.2, 0.25) is 0 Å². The van der Waals surface area contributed by atoms with E-state index >= 15 is 0 Å². The van der Waals surface area contributed by atoms with Crippen LogP contribution in [0.15, 0.2) is 24.3 Å². The SMILES string of the molecule is CC(=O)N1CCC(c2ccc(C(F)(F)F)cc2)C(N)C1. The molecule has 1 heterocycles. The fraction of sp³-hybridized carbons (Fsp3) is 0.500. The van der Waals surface area contributed by atoms with Gasteiger partial charge in [-0.05, 0) is 24.1 Å². The molecule has 2 atom stereocenters. The Morgan fingerprint density at radius 1 is 1.30 bits per heavy atom. The zero-order chi connectivity index (χ0) is 14.9. The number of rotatable bonds is 1. The maximum absolute atomic E-state index is 12.5. The van der Waals surface area contributed by atoms with Gasteiger partial charge in [0.15, 0.2) is 0 Å². The van der Waals surface area contributed by atoms with Gasteiger partial charge in [0.25, 0.3) is 0 Å². The molecule has 0 bridgehead atoms. The summed E-state index contributed by atoms with van der Waals surface area (Å²) in [6.45, 7) is 2.53. The standard InChI is InChI=1S/C14H17F3N2O/c1-9(20)19-7-6-12(13(18)8-19)10-2-4-11(5-3-10)14(15,16)17/h2-5,12-13H,6-8,18H2,1H3. The summed E-state index contributed by atoms with van der Waals surface area (Å²) in [6.07, 6.45) is -3.65. The number of amides is 1. The molecule has 3 nitrogen and oxygen atoms in total. The largest absolute Gasteiger partial charge is 0.416 e. The second kappa shape index (κ2) is 5.44. The van der Waals surface area contributed by atoms with Crippen molar-refractivity contribution < 1.29 is 18.0 Å². The summed E-state index contributed by atoms with van der Waals surface area (Å²) in [5.41, 5.74) is 6.19. The van der Waals surface area contributed by atoms with E-state index in [-0.39, 0.29) is 17.9 Å². The van der Waals surface area contributed by atoms with E-state index in [9.17, 15) is 18.0 Å². The lowest BCUT2D eigenvalue weighted by Crippen LogP contribution is -2.48. The molecular formula is C14H17F3N2O. The number of piperidine rings is 1. The third-order valence-corrected chi connectivity index (χ3v) is 3.77. The maximum atomic E-state index is 12.5. The van der Waals surface area contributed by atoms with E-state index in [1.54, 1.807) is 4.90 Å². The number of halogens is 3. The summed E-state index contributed by atoms with van der Waals surface area (Å²) in [5.74, 6) is -0.0285. The van der Waals surface area contributed by atoms with Crippen molar-refractivity contribution in [2.75, 3.05) is 13.1 Å². The molecule has 20 heavy (non-hydrogen) atoms. The van der Waals surface area contributed by atoms with Gasteiger partial charge in [0.05, 0.1) is 5.56 Å². The highest BCUT2D eigenvalue weighted by atomic mass is 19.4. The van der Waals surface area contributed by atoms with Crippen molar-refractivity contribution in [3.05, 3.63) is 35.4 Å². The summed E-state index contributed by atoms with van der Waals surface area (Å²) in [4.78, 5) is 13.0. The molecule has 1 aromatic rings. The predicted octanol–water partition coefficient (Wildman–Crippen LogP) is 2.37. The van der Waals surface area contributed by atoms with E-state index in [2.05, 4.69) is 0 Å². The van der Waals surface area contributed by atoms with Gasteiger partial charge in [-0.2, -0.15) is 13.2 Å². The number of carbonyl (C=O) groups excluding carboxylic acids is 1. The first kappa shape index (κ1) is 14.8. The van der Waals surface area contributed by atoms with Gasteiger partial charge in [-0.25, -0.2) is 0 Å². The Morgan fingerprint density at radius 2 is 1.90 bits per heavy atom. The average molecular weight is 286 g/mol. The van der Waals surface area contributed by atoms with Crippen molar-refractivity contribution >= 4 is 5.91 Å². The van der Waals surface area contributed by atoms with E-state index in [4.69, 9.17) is 5.73 Å². The Labute approximate surface area is 115 Å². The Morgan fingerprint density at radius 3 is 2.35 bits per heavy atom. The molecule has 1 saturated heterocycles. The molecule has 0 spiro atoms. The Hall–Kier alpha value is -1.56. The number of carbonyl (C=O) groups is 1. The van der Waals surface area contributed by atoms with Gasteiger partial charge < -0.3 is 10.6 Å². The van der Waals surface area contributed by atoms with Gasteiger partial charge in [0.1, 0.15) is 0 Å². The third kappa shape index (κ3) is 3.12. The van der Waals surface area contributed by atoms with Crippen LogP contribution in [0, 0.1) is 0 Å². The van der Waals surface area contributed by atoms with Crippen LogP contribution < -0.4 is 5.73 Å². The minimum absolute atomic E-state index is 0.00659. The number of hydrogen-bond acceptors (Lipinski definition) is 2. The van der Waals surface area contributed by atoms with Crippen LogP contribution in [-0.2, 0) is 11.0 Å². The van der Waals surface area contributed by atoms with Crippen molar-refractivity contribution in [1.82, 2.24) is 4.90 Å². The number of nitrogens with zero attached hydrogens (tertiary/aromatic N) is 1. The van der Waals surface area contributed by atoms with Crippen LogP contribution in [0.25, 0.3) is 0 Å². The van der Waals surface area contributed by atoms with Crippen LogP contribution in [0.5, 0.6) is 0 Å². The molecule has 6 heteroatoms. The third-order valence-electron chi connectivity index (χ3n) is 3.77. The minimum Gasteiger partial charge on any atom is -0.341 e. The van der Waals surface area contributed by atoms with Gasteiger partial charge in [-0.3, -0.25) is 4.79 Å². The molecule has 0 aromatic heterocycles. The fourth-order valence-corrected chi connectivity index (χ4v) is 2.60. The molecular weight excluding hydrogens is 269 g/mol. The highest BCUT2D eigenvalue weighted by molar-refractivity contribution is 5.73. The van der Waals surface area contributed by atoms with E-state index < -0.39 is 11.7 Å². The predicted molar refractivity (Wildman–Crippen MR) is 69.0 cm³/mol. The first-order chi connectivity index (χ1) is 9.29. The number of benzene rings is 1. The Balaban J connectivity index is 2.11. The molecule has 110 valence electrons. The van der Waals surface area contributed by atoms with Gasteiger partial charge in [0, 0.05) is 32.0 Å². The quantitative estimate of drug-likeness (QED) is 0.861. The summed E-state index contributed by atoms with van der Waals surface area (Å²) in [5, 5.41) is 0. The van der Waals surface area contributed by atoms with E-state index in [0.717, 1.165) is 17.7 Å². The van der Waals surface area contributed by atoms with Crippen molar-refractivity contribution in [2.45, 2.75) is 31.5 Å². The number of likely N-dealkylation sites (tertiary alicyclic amines) is 1. The number of alkyl halides is 3. The highest BCUT2D eigenvalue weighted by Crippen LogP contribution is 2.32. The normalized spacial score (nSPS) is 23.8. The van der Waals surface area contributed by atoms with Gasteiger partial charge >= 0.3 is 6.18 Å². The van der Waals surface area contributed by atoms with Crippen molar-refractivity contribution in [1.29, 1.82) is 0 Å². The lowest BCUT2D eigenvalue weighted by Gasteiger charge is -2.36. The summed E-state index contributed by atoms with van der Waals surface area (Å²) in [6, 6.07) is 4.89. The zero-order valence-electron chi connectivity index (χ0n) is 11.2. The Kier molecular flexibility index (Phi) is 4.04. The summed E-state index contributed by atoms with van der Waals surface area (Å²) in [7, 11) is 0. The molecule has 1 aliphatic heterocycles. The van der Waals surface area contributed by atoms with Crippen LogP contribution in [0.4, 0.5) is 13.2 Å². The molecule has 1 aromatic carbocycles. The zero-order valence-corrected chi connectivity index (χ0v) is 11.2. The van der Waals surface area contributed by atoms with Gasteiger partial charge in [0.2, 0.25) is 5.91 Å². The first-order valence-corrected chi connectivity index (χ1v) is 6.47.